The number of carboxylic acid groups (broad SMARTS) is 1. The van der Waals surface area contributed by atoms with Gasteiger partial charge in [0.05, 0.1) is 37.3 Å². The second-order valence-corrected chi connectivity index (χ2v) is 16.4. The maximum absolute atomic E-state index is 15.0. The number of hydrogen-bond donors (Lipinski definition) is 1. The number of hydrogen-bond acceptors (Lipinski definition) is 10. The number of carbonyl (C=O) groups is 3. The molecule has 1 saturated heterocycles. The monoisotopic (exact) mass is 824 g/mol. The number of methoxy groups -OCH3 is 1. The lowest BCUT2D eigenvalue weighted by Gasteiger charge is -2.50. The number of thiazole rings is 1. The fourth-order valence-electron chi connectivity index (χ4n) is 7.07. The van der Waals surface area contributed by atoms with Crippen molar-refractivity contribution in [1.82, 2.24) is 29.5 Å². The van der Waals surface area contributed by atoms with Crippen LogP contribution in [0.5, 0.6) is 11.6 Å². The summed E-state index contributed by atoms with van der Waals surface area (Å²) < 4.78 is 62.7. The van der Waals surface area contributed by atoms with Gasteiger partial charge in [-0.3, -0.25) is 14.4 Å². The Morgan fingerprint density at radius 3 is 2.48 bits per heavy atom. The maximum atomic E-state index is 15.0. The molecule has 1 aliphatic carbocycles. The van der Waals surface area contributed by atoms with E-state index in [1.165, 1.54) is 21.1 Å². The Hall–Kier alpha value is -4.55. The van der Waals surface area contributed by atoms with Gasteiger partial charge in [0.1, 0.15) is 28.0 Å². The molecular formula is C37H44ClF3N6O8S. The van der Waals surface area contributed by atoms with Crippen LogP contribution in [0.2, 0.25) is 5.02 Å². The van der Waals surface area contributed by atoms with E-state index in [1.807, 2.05) is 25.1 Å². The topological polar surface area (TPSA) is 149 Å². The van der Waals surface area contributed by atoms with Crippen LogP contribution in [-0.2, 0) is 40.6 Å². The van der Waals surface area contributed by atoms with E-state index in [2.05, 4.69) is 10.1 Å². The van der Waals surface area contributed by atoms with Crippen molar-refractivity contribution in [2.45, 2.75) is 90.0 Å². The molecule has 19 heteroatoms. The minimum absolute atomic E-state index is 0.0200. The Bertz CT molecular complexity index is 2010. The molecule has 1 unspecified atom stereocenters. The van der Waals surface area contributed by atoms with Crippen LogP contribution in [0.15, 0.2) is 30.0 Å². The first-order valence-corrected chi connectivity index (χ1v) is 19.2. The molecule has 6 rings (SSSR count). The van der Waals surface area contributed by atoms with Gasteiger partial charge in [0.15, 0.2) is 5.69 Å². The van der Waals surface area contributed by atoms with Gasteiger partial charge < -0.3 is 33.9 Å². The number of rotatable bonds is 12. The van der Waals surface area contributed by atoms with Gasteiger partial charge in [-0.2, -0.15) is 13.2 Å². The second-order valence-electron chi connectivity index (χ2n) is 14.9. The van der Waals surface area contributed by atoms with Crippen molar-refractivity contribution >= 4 is 46.6 Å². The van der Waals surface area contributed by atoms with E-state index in [1.54, 1.807) is 39.0 Å². The van der Waals surface area contributed by atoms with E-state index in [-0.39, 0.29) is 69.3 Å². The quantitative estimate of drug-likeness (QED) is 0.194. The van der Waals surface area contributed by atoms with E-state index in [4.69, 9.17) is 30.5 Å². The minimum Gasteiger partial charge on any atom is -0.496 e. The highest BCUT2D eigenvalue weighted by molar-refractivity contribution is 7.12. The summed E-state index contributed by atoms with van der Waals surface area (Å²) in [6.45, 7) is 7.30. The zero-order valence-corrected chi connectivity index (χ0v) is 33.4. The molecule has 4 heterocycles. The van der Waals surface area contributed by atoms with Crippen LogP contribution in [0.25, 0.3) is 5.57 Å². The van der Waals surface area contributed by atoms with Crippen molar-refractivity contribution in [3.63, 3.8) is 0 Å². The van der Waals surface area contributed by atoms with Crippen LogP contribution in [0.4, 0.5) is 22.8 Å². The zero-order chi connectivity index (χ0) is 40.7. The molecule has 3 aliphatic rings. The molecule has 56 heavy (non-hydrogen) atoms. The Morgan fingerprint density at radius 1 is 1.12 bits per heavy atom. The minimum atomic E-state index is -4.70. The molecule has 14 nitrogen and oxygen atoms in total. The predicted molar refractivity (Wildman–Crippen MR) is 199 cm³/mol. The first-order valence-electron chi connectivity index (χ1n) is 18.0. The van der Waals surface area contributed by atoms with Gasteiger partial charge in [-0.15, -0.1) is 16.4 Å². The predicted octanol–water partition coefficient (Wildman–Crippen LogP) is 6.78. The lowest BCUT2D eigenvalue weighted by Crippen LogP contribution is -2.65. The van der Waals surface area contributed by atoms with Gasteiger partial charge in [-0.25, -0.2) is 14.6 Å². The summed E-state index contributed by atoms with van der Waals surface area (Å²) in [6.07, 6.45) is -3.15. The summed E-state index contributed by atoms with van der Waals surface area (Å²) in [4.78, 5) is 51.0. The lowest BCUT2D eigenvalue weighted by atomic mass is 9.83. The van der Waals surface area contributed by atoms with Gasteiger partial charge >= 0.3 is 18.4 Å². The van der Waals surface area contributed by atoms with Gasteiger partial charge in [-0.1, -0.05) is 23.7 Å². The van der Waals surface area contributed by atoms with Gasteiger partial charge in [-0.05, 0) is 69.7 Å². The highest BCUT2D eigenvalue weighted by Crippen LogP contribution is 2.43. The first kappa shape index (κ1) is 41.1. The third-order valence-electron chi connectivity index (χ3n) is 9.73. The third-order valence-corrected chi connectivity index (χ3v) is 11.1. The number of ether oxygens (including phenoxy) is 4. The smallest absolute Gasteiger partial charge is 0.434 e. The molecule has 2 bridgehead atoms. The highest BCUT2D eigenvalue weighted by atomic mass is 35.5. The number of nitrogens with zero attached hydrogens (tertiary/aromatic N) is 6. The summed E-state index contributed by atoms with van der Waals surface area (Å²) in [5.74, 6) is -0.00254. The number of halogens is 4. The maximum Gasteiger partial charge on any atom is 0.434 e. The number of aromatic nitrogens is 3. The molecular weight excluding hydrogens is 781 g/mol. The number of aryl methyl sites for hydroxylation is 1. The van der Waals surface area contributed by atoms with Crippen molar-refractivity contribution in [3.8, 4) is 11.6 Å². The summed E-state index contributed by atoms with van der Waals surface area (Å²) in [5.41, 5.74) is 0.795. The van der Waals surface area contributed by atoms with Crippen molar-refractivity contribution in [3.05, 3.63) is 61.7 Å². The standard InChI is InChI=1S/C37H44ClF3N6O8S/c1-20-21(8-7-9-26(20)52-6)16-46(22-10-11-22)33(48)29-24(14-23-17-45(35(51)55-36(2,3)4)18-25(29)47(23)34(49)50)27-15-42-28(56-27)19-53-12-13-54-32-30(38)31(37(39,40)41)44(5)43-32/h7-9,15,22-23,25H,10-14,16-19H2,1-6H3,(H,49,50)/t23?,25-/m1/s1. The van der Waals surface area contributed by atoms with E-state index in [0.29, 0.717) is 25.9 Å². The molecule has 0 radical (unpaired) electrons. The Balaban J connectivity index is 1.28. The summed E-state index contributed by atoms with van der Waals surface area (Å²) in [6, 6.07) is 3.93. The Morgan fingerprint density at radius 2 is 1.86 bits per heavy atom. The Kier molecular flexibility index (Phi) is 11.8. The number of carbonyl (C=O) groups excluding carboxylic acids is 2. The first-order chi connectivity index (χ1) is 26.4. The fourth-order valence-corrected chi connectivity index (χ4v) is 8.31. The van der Waals surface area contributed by atoms with Crippen LogP contribution >= 0.6 is 22.9 Å². The number of amides is 3. The molecule has 0 spiro atoms. The van der Waals surface area contributed by atoms with Crippen molar-refractivity contribution in [2.24, 2.45) is 7.05 Å². The van der Waals surface area contributed by atoms with E-state index in [0.717, 1.165) is 31.0 Å². The Labute approximate surface area is 330 Å². The van der Waals surface area contributed by atoms with Gasteiger partial charge in [0.2, 0.25) is 0 Å². The average molecular weight is 825 g/mol. The van der Waals surface area contributed by atoms with Crippen molar-refractivity contribution < 1.29 is 51.6 Å². The van der Waals surface area contributed by atoms with E-state index < -0.39 is 46.8 Å². The summed E-state index contributed by atoms with van der Waals surface area (Å²) >= 11 is 7.15. The number of alkyl halides is 3. The van der Waals surface area contributed by atoms with Crippen LogP contribution in [-0.4, -0.2) is 110 Å². The van der Waals surface area contributed by atoms with Crippen LogP contribution in [0, 0.1) is 6.92 Å². The SMILES string of the molecule is COc1cccc(CN(C(=O)C2=C(c3cnc(COCCOc4nn(C)c(C(F)(F)F)c4Cl)s3)CC3CN(C(=O)OC(C)(C)C)C[C@H]2N3C(=O)O)C2CC2)c1C. The molecule has 2 fully saturated rings. The molecule has 3 aromatic rings. The molecule has 3 amide bonds. The molecule has 1 saturated carbocycles. The van der Waals surface area contributed by atoms with Crippen LogP contribution in [0.1, 0.15) is 66.7 Å². The van der Waals surface area contributed by atoms with Gasteiger partial charge in [0, 0.05) is 44.5 Å². The van der Waals surface area contributed by atoms with Crippen molar-refractivity contribution in [2.75, 3.05) is 33.4 Å². The number of piperazine rings is 1. The fraction of sp³-hybridized carbons (Fsp3) is 0.541. The van der Waals surface area contributed by atoms with E-state index >= 15 is 4.79 Å². The van der Waals surface area contributed by atoms with Crippen LogP contribution in [0.3, 0.4) is 0 Å². The van der Waals surface area contributed by atoms with Crippen molar-refractivity contribution in [1.29, 1.82) is 0 Å². The molecule has 304 valence electrons. The average Bonchev–Trinajstić information content (AvgIpc) is 3.76. The highest BCUT2D eigenvalue weighted by Gasteiger charge is 2.50. The number of fused-ring (bicyclic) bond motifs is 2. The number of benzene rings is 1. The molecule has 2 atom stereocenters. The van der Waals surface area contributed by atoms with Gasteiger partial charge in [0.25, 0.3) is 11.8 Å². The second kappa shape index (κ2) is 16.1. The molecule has 1 N–H and O–H groups in total. The zero-order valence-electron chi connectivity index (χ0n) is 31.8. The largest absolute Gasteiger partial charge is 0.496 e. The molecule has 1 aromatic carbocycles. The lowest BCUT2D eigenvalue weighted by molar-refractivity contribution is -0.143. The molecule has 2 aromatic heterocycles. The summed E-state index contributed by atoms with van der Waals surface area (Å²) in [7, 11) is 2.70. The van der Waals surface area contributed by atoms with Crippen LogP contribution < -0.4 is 9.47 Å². The summed E-state index contributed by atoms with van der Waals surface area (Å²) in [5, 5.41) is 14.1. The molecule has 2 aliphatic heterocycles. The van der Waals surface area contributed by atoms with E-state index in [9.17, 15) is 27.9 Å². The normalized spacial score (nSPS) is 18.6. The third kappa shape index (κ3) is 8.86.